The molecule has 1 aliphatic rings. The zero-order chi connectivity index (χ0) is 24.2. The number of fused-ring (bicyclic) bond motifs is 3. The van der Waals surface area contributed by atoms with Crippen molar-refractivity contribution in [3.8, 4) is 11.1 Å². The molecule has 8 nitrogen and oxygen atoms in total. The first-order chi connectivity index (χ1) is 16.4. The van der Waals surface area contributed by atoms with Crippen LogP contribution in [0.3, 0.4) is 0 Å². The Bertz CT molecular complexity index is 1200. The highest BCUT2D eigenvalue weighted by Crippen LogP contribution is 2.44. The lowest BCUT2D eigenvalue weighted by Gasteiger charge is -2.20. The molecule has 0 spiro atoms. The maximum absolute atomic E-state index is 12.8. The predicted molar refractivity (Wildman–Crippen MR) is 127 cm³/mol. The number of hydrogen-bond donors (Lipinski definition) is 2. The van der Waals surface area contributed by atoms with Crippen LogP contribution in [0.1, 0.15) is 34.5 Å². The van der Waals surface area contributed by atoms with Gasteiger partial charge in [0.05, 0.1) is 11.6 Å². The first kappa shape index (κ1) is 23.0. The van der Waals surface area contributed by atoms with Crippen molar-refractivity contribution in [3.63, 3.8) is 0 Å². The van der Waals surface area contributed by atoms with Crippen molar-refractivity contribution < 1.29 is 24.2 Å². The van der Waals surface area contributed by atoms with Gasteiger partial charge in [-0.2, -0.15) is 0 Å². The average Bonchev–Trinajstić information content (AvgIpc) is 3.16. The lowest BCUT2D eigenvalue weighted by molar-refractivity contribution is -0.141. The normalized spacial score (nSPS) is 12.9. The van der Waals surface area contributed by atoms with Gasteiger partial charge in [-0.3, -0.25) is 14.9 Å². The lowest BCUT2D eigenvalue weighted by Crippen LogP contribution is -2.34. The predicted octanol–water partition coefficient (Wildman–Crippen LogP) is 4.24. The van der Waals surface area contributed by atoms with Gasteiger partial charge in [0.1, 0.15) is 6.61 Å². The minimum absolute atomic E-state index is 0.00905. The lowest BCUT2D eigenvalue weighted by atomic mass is 9.98. The molecule has 1 atom stereocenters. The summed E-state index contributed by atoms with van der Waals surface area (Å²) in [5, 5.41) is 11.7. The fraction of sp³-hybridized carbons (Fsp3) is 0.231. The average molecular weight is 460 g/mol. The number of rotatable bonds is 7. The SMILES string of the molecule is CC(CN(C)C(=O)c1ncccc1NC(=O)OCC1c2ccccc2-c2ccccc21)C(=O)O. The molecule has 0 saturated carbocycles. The molecule has 1 unspecified atom stereocenters. The third-order valence-corrected chi connectivity index (χ3v) is 5.91. The molecule has 174 valence electrons. The van der Waals surface area contributed by atoms with Crippen molar-refractivity contribution in [2.45, 2.75) is 12.8 Å². The number of ether oxygens (including phenoxy) is 1. The first-order valence-corrected chi connectivity index (χ1v) is 10.9. The van der Waals surface area contributed by atoms with Crippen LogP contribution in [0, 0.1) is 5.92 Å². The van der Waals surface area contributed by atoms with Crippen molar-refractivity contribution in [1.82, 2.24) is 9.88 Å². The summed E-state index contributed by atoms with van der Waals surface area (Å²) < 4.78 is 5.55. The molecular weight excluding hydrogens is 434 g/mol. The molecule has 2 N–H and O–H groups in total. The van der Waals surface area contributed by atoms with Crippen LogP contribution in [0.25, 0.3) is 11.1 Å². The summed E-state index contributed by atoms with van der Waals surface area (Å²) in [4.78, 5) is 41.9. The number of pyridine rings is 1. The van der Waals surface area contributed by atoms with E-state index >= 15 is 0 Å². The quantitative estimate of drug-likeness (QED) is 0.547. The summed E-state index contributed by atoms with van der Waals surface area (Å²) in [6.07, 6.45) is 0.732. The summed E-state index contributed by atoms with van der Waals surface area (Å²) in [5.74, 6) is -2.33. The van der Waals surface area contributed by atoms with Gasteiger partial charge in [0.25, 0.3) is 5.91 Å². The minimum Gasteiger partial charge on any atom is -0.481 e. The van der Waals surface area contributed by atoms with Crippen LogP contribution >= 0.6 is 0 Å². The molecule has 1 heterocycles. The molecule has 2 amide bonds. The van der Waals surface area contributed by atoms with Gasteiger partial charge in [-0.05, 0) is 34.4 Å². The fourth-order valence-electron chi connectivity index (χ4n) is 4.17. The highest BCUT2D eigenvalue weighted by molar-refractivity contribution is 6.01. The molecule has 1 aliphatic carbocycles. The van der Waals surface area contributed by atoms with Crippen molar-refractivity contribution in [2.75, 3.05) is 25.5 Å². The van der Waals surface area contributed by atoms with E-state index in [1.54, 1.807) is 12.1 Å². The molecule has 0 fully saturated rings. The van der Waals surface area contributed by atoms with Crippen molar-refractivity contribution in [1.29, 1.82) is 0 Å². The highest BCUT2D eigenvalue weighted by Gasteiger charge is 2.29. The minimum atomic E-state index is -1.00. The number of hydrogen-bond acceptors (Lipinski definition) is 5. The number of anilines is 1. The van der Waals surface area contributed by atoms with E-state index in [0.29, 0.717) is 0 Å². The van der Waals surface area contributed by atoms with Gasteiger partial charge in [0.2, 0.25) is 0 Å². The molecular formula is C26H25N3O5. The maximum Gasteiger partial charge on any atom is 0.411 e. The number of aliphatic carboxylic acids is 1. The number of aromatic nitrogens is 1. The van der Waals surface area contributed by atoms with E-state index in [9.17, 15) is 14.4 Å². The van der Waals surface area contributed by atoms with Gasteiger partial charge in [0.15, 0.2) is 5.69 Å². The Morgan fingerprint density at radius 2 is 1.65 bits per heavy atom. The Kier molecular flexibility index (Phi) is 6.58. The van der Waals surface area contributed by atoms with E-state index in [1.165, 1.54) is 25.1 Å². The number of carbonyl (C=O) groups is 3. The van der Waals surface area contributed by atoms with Crippen molar-refractivity contribution >= 4 is 23.7 Å². The summed E-state index contributed by atoms with van der Waals surface area (Å²) in [6, 6.07) is 19.2. The van der Waals surface area contributed by atoms with E-state index in [-0.39, 0.29) is 30.5 Å². The largest absolute Gasteiger partial charge is 0.481 e. The Hall–Kier alpha value is -4.20. The molecule has 34 heavy (non-hydrogen) atoms. The standard InChI is InChI=1S/C26H25N3O5/c1-16(25(31)32)14-29(2)24(30)23-22(12-7-13-27-23)28-26(33)34-15-21-19-10-5-3-8-17(19)18-9-4-6-11-20(18)21/h3-13,16,21H,14-15H2,1-2H3,(H,28,33)(H,31,32). The van der Waals surface area contributed by atoms with Crippen LogP contribution in [0.15, 0.2) is 66.9 Å². The summed E-state index contributed by atoms with van der Waals surface area (Å²) >= 11 is 0. The Balaban J connectivity index is 1.45. The molecule has 0 aliphatic heterocycles. The van der Waals surface area contributed by atoms with Crippen LogP contribution in [-0.2, 0) is 9.53 Å². The molecule has 0 radical (unpaired) electrons. The number of nitrogens with zero attached hydrogens (tertiary/aromatic N) is 2. The van der Waals surface area contributed by atoms with Gasteiger partial charge >= 0.3 is 12.1 Å². The van der Waals surface area contributed by atoms with Crippen LogP contribution in [0.4, 0.5) is 10.5 Å². The molecule has 2 aromatic carbocycles. The topological polar surface area (TPSA) is 109 Å². The van der Waals surface area contributed by atoms with Crippen LogP contribution in [0.5, 0.6) is 0 Å². The first-order valence-electron chi connectivity index (χ1n) is 10.9. The van der Waals surface area contributed by atoms with Crippen LogP contribution < -0.4 is 5.32 Å². The van der Waals surface area contributed by atoms with Gasteiger partial charge in [0, 0.05) is 25.7 Å². The molecule has 4 rings (SSSR count). The Morgan fingerprint density at radius 1 is 1.03 bits per heavy atom. The van der Waals surface area contributed by atoms with Crippen LogP contribution in [-0.4, -0.2) is 53.2 Å². The number of carbonyl (C=O) groups excluding carboxylic acids is 2. The maximum atomic E-state index is 12.8. The second-order valence-corrected chi connectivity index (χ2v) is 8.28. The molecule has 8 heteroatoms. The summed E-state index contributed by atoms with van der Waals surface area (Å²) in [5.41, 5.74) is 4.67. The van der Waals surface area contributed by atoms with Gasteiger partial charge < -0.3 is 14.7 Å². The fourth-order valence-corrected chi connectivity index (χ4v) is 4.17. The van der Waals surface area contributed by atoms with Gasteiger partial charge in [-0.15, -0.1) is 0 Å². The summed E-state index contributed by atoms with van der Waals surface area (Å²) in [7, 11) is 1.49. The third-order valence-electron chi connectivity index (χ3n) is 5.91. The third kappa shape index (κ3) is 4.61. The number of carboxylic acids is 1. The second kappa shape index (κ2) is 9.74. The monoisotopic (exact) mass is 459 g/mol. The highest BCUT2D eigenvalue weighted by atomic mass is 16.5. The molecule has 0 bridgehead atoms. The van der Waals surface area contributed by atoms with E-state index < -0.39 is 23.9 Å². The van der Waals surface area contributed by atoms with E-state index in [2.05, 4.69) is 22.4 Å². The van der Waals surface area contributed by atoms with Crippen molar-refractivity contribution in [3.05, 3.63) is 83.7 Å². The van der Waals surface area contributed by atoms with Crippen LogP contribution in [0.2, 0.25) is 0 Å². The van der Waals surface area contributed by atoms with E-state index in [0.717, 1.165) is 22.3 Å². The van der Waals surface area contributed by atoms with Gasteiger partial charge in [-0.1, -0.05) is 55.5 Å². The summed E-state index contributed by atoms with van der Waals surface area (Å²) in [6.45, 7) is 1.66. The smallest absolute Gasteiger partial charge is 0.411 e. The van der Waals surface area contributed by atoms with E-state index in [1.807, 2.05) is 36.4 Å². The zero-order valence-corrected chi connectivity index (χ0v) is 18.9. The molecule has 0 saturated heterocycles. The number of nitrogens with one attached hydrogen (secondary N) is 1. The second-order valence-electron chi connectivity index (χ2n) is 8.28. The number of amides is 2. The Labute approximate surface area is 197 Å². The molecule has 1 aromatic heterocycles. The van der Waals surface area contributed by atoms with Crippen molar-refractivity contribution in [2.24, 2.45) is 5.92 Å². The Morgan fingerprint density at radius 3 is 2.26 bits per heavy atom. The number of carboxylic acid groups (broad SMARTS) is 1. The van der Waals surface area contributed by atoms with Gasteiger partial charge in [-0.25, -0.2) is 9.78 Å². The molecule has 3 aromatic rings. The zero-order valence-electron chi connectivity index (χ0n) is 18.9. The number of benzene rings is 2. The van der Waals surface area contributed by atoms with E-state index in [4.69, 9.17) is 9.84 Å².